The van der Waals surface area contributed by atoms with E-state index in [0.29, 0.717) is 0 Å². The molecule has 3 aromatic rings. The predicted octanol–water partition coefficient (Wildman–Crippen LogP) is 5.87. The Balaban J connectivity index is 2.44. The van der Waals surface area contributed by atoms with Crippen molar-refractivity contribution in [3.05, 3.63) is 44.5 Å². The van der Waals surface area contributed by atoms with E-state index in [2.05, 4.69) is 53.8 Å². The van der Waals surface area contributed by atoms with E-state index in [9.17, 15) is 0 Å². The average Bonchev–Trinajstić information content (AvgIpc) is 2.63. The maximum Gasteiger partial charge on any atom is 0.0420 e. The van der Waals surface area contributed by atoms with Crippen LogP contribution in [-0.4, -0.2) is 0 Å². The van der Waals surface area contributed by atoms with Gasteiger partial charge in [-0.1, -0.05) is 24.6 Å². The summed E-state index contributed by atoms with van der Waals surface area (Å²) >= 11 is 10.3. The SMILES string of the molecule is CCc1cc2c(cc1I)sc1cc(Cl)ccc12. The zero-order chi connectivity index (χ0) is 12.0. The first kappa shape index (κ1) is 11.8. The topological polar surface area (TPSA) is 0 Å². The van der Waals surface area contributed by atoms with Crippen LogP contribution in [0.25, 0.3) is 20.2 Å². The van der Waals surface area contributed by atoms with Crippen LogP contribution in [0, 0.1) is 3.57 Å². The zero-order valence-electron chi connectivity index (χ0n) is 9.26. The van der Waals surface area contributed by atoms with Gasteiger partial charge in [-0.2, -0.15) is 0 Å². The van der Waals surface area contributed by atoms with E-state index in [-0.39, 0.29) is 0 Å². The molecule has 1 aromatic heterocycles. The molecule has 86 valence electrons. The molecule has 0 unspecified atom stereocenters. The lowest BCUT2D eigenvalue weighted by Gasteiger charge is -2.01. The third-order valence-electron chi connectivity index (χ3n) is 2.98. The summed E-state index contributed by atoms with van der Waals surface area (Å²) in [5.74, 6) is 0. The summed E-state index contributed by atoms with van der Waals surface area (Å²) in [5.41, 5.74) is 1.42. The summed E-state index contributed by atoms with van der Waals surface area (Å²) in [6.45, 7) is 2.20. The van der Waals surface area contributed by atoms with E-state index in [1.807, 2.05) is 17.4 Å². The summed E-state index contributed by atoms with van der Waals surface area (Å²) in [7, 11) is 0. The van der Waals surface area contributed by atoms with Crippen LogP contribution in [0.5, 0.6) is 0 Å². The number of thiophene rings is 1. The van der Waals surface area contributed by atoms with Gasteiger partial charge in [-0.15, -0.1) is 11.3 Å². The van der Waals surface area contributed by atoms with Gasteiger partial charge in [0.25, 0.3) is 0 Å². The first-order valence-corrected chi connectivity index (χ1v) is 7.76. The molecule has 0 aliphatic heterocycles. The Labute approximate surface area is 123 Å². The number of benzene rings is 2. The molecule has 0 saturated heterocycles. The molecule has 0 nitrogen and oxygen atoms in total. The number of aryl methyl sites for hydroxylation is 1. The largest absolute Gasteiger partial charge is 0.135 e. The Kier molecular flexibility index (Phi) is 3.05. The molecule has 0 fully saturated rings. The predicted molar refractivity (Wildman–Crippen MR) is 86.4 cm³/mol. The van der Waals surface area contributed by atoms with Crippen molar-refractivity contribution in [1.29, 1.82) is 0 Å². The third-order valence-corrected chi connectivity index (χ3v) is 5.34. The molecule has 2 aromatic carbocycles. The summed E-state index contributed by atoms with van der Waals surface area (Å²) in [6.07, 6.45) is 1.08. The van der Waals surface area contributed by atoms with Crippen LogP contribution in [0.3, 0.4) is 0 Å². The molecule has 0 saturated carbocycles. The van der Waals surface area contributed by atoms with Crippen molar-refractivity contribution >= 4 is 65.7 Å². The molecule has 0 aliphatic rings. The quantitative estimate of drug-likeness (QED) is 0.468. The summed E-state index contributed by atoms with van der Waals surface area (Å²) in [5, 5.41) is 3.49. The Morgan fingerprint density at radius 3 is 2.65 bits per heavy atom. The van der Waals surface area contributed by atoms with Crippen molar-refractivity contribution in [2.75, 3.05) is 0 Å². The van der Waals surface area contributed by atoms with Gasteiger partial charge in [0.2, 0.25) is 0 Å². The van der Waals surface area contributed by atoms with Crippen LogP contribution in [0.4, 0.5) is 0 Å². The Bertz CT molecular complexity index is 715. The van der Waals surface area contributed by atoms with E-state index in [1.54, 1.807) is 0 Å². The maximum atomic E-state index is 6.04. The fourth-order valence-corrected chi connectivity index (χ4v) is 4.55. The number of hydrogen-bond acceptors (Lipinski definition) is 1. The lowest BCUT2D eigenvalue weighted by Crippen LogP contribution is -1.84. The molecule has 3 rings (SSSR count). The molecule has 0 N–H and O–H groups in total. The third kappa shape index (κ3) is 1.96. The Morgan fingerprint density at radius 2 is 1.88 bits per heavy atom. The first-order chi connectivity index (χ1) is 8.19. The monoisotopic (exact) mass is 372 g/mol. The molecule has 0 aliphatic carbocycles. The summed E-state index contributed by atoms with van der Waals surface area (Å²) in [4.78, 5) is 0. The van der Waals surface area contributed by atoms with E-state index < -0.39 is 0 Å². The highest BCUT2D eigenvalue weighted by Gasteiger charge is 2.08. The molecule has 1 heterocycles. The van der Waals surface area contributed by atoms with Gasteiger partial charge in [0.1, 0.15) is 0 Å². The van der Waals surface area contributed by atoms with Crippen molar-refractivity contribution in [2.24, 2.45) is 0 Å². The highest BCUT2D eigenvalue weighted by Crippen LogP contribution is 2.37. The minimum atomic E-state index is 0.814. The van der Waals surface area contributed by atoms with Gasteiger partial charge in [0.15, 0.2) is 0 Å². The molecule has 0 amide bonds. The second kappa shape index (κ2) is 4.41. The van der Waals surface area contributed by atoms with Crippen molar-refractivity contribution in [3.63, 3.8) is 0 Å². The van der Waals surface area contributed by atoms with Gasteiger partial charge in [0.05, 0.1) is 0 Å². The maximum absolute atomic E-state index is 6.04. The lowest BCUT2D eigenvalue weighted by molar-refractivity contribution is 1.13. The number of fused-ring (bicyclic) bond motifs is 3. The minimum Gasteiger partial charge on any atom is -0.135 e. The van der Waals surface area contributed by atoms with Gasteiger partial charge in [-0.25, -0.2) is 0 Å². The number of halogens is 2. The average molecular weight is 373 g/mol. The second-order valence-electron chi connectivity index (χ2n) is 4.04. The van der Waals surface area contributed by atoms with Gasteiger partial charge >= 0.3 is 0 Å². The molecule has 0 radical (unpaired) electrons. The fourth-order valence-electron chi connectivity index (χ4n) is 2.09. The Hall–Kier alpha value is -0.320. The molecule has 0 bridgehead atoms. The summed E-state index contributed by atoms with van der Waals surface area (Å²) < 4.78 is 3.98. The van der Waals surface area contributed by atoms with Crippen molar-refractivity contribution in [2.45, 2.75) is 13.3 Å². The highest BCUT2D eigenvalue weighted by molar-refractivity contribution is 14.1. The van der Waals surface area contributed by atoms with E-state index in [1.165, 1.54) is 29.3 Å². The van der Waals surface area contributed by atoms with Crippen LogP contribution in [0.2, 0.25) is 5.02 Å². The van der Waals surface area contributed by atoms with Crippen molar-refractivity contribution in [3.8, 4) is 0 Å². The van der Waals surface area contributed by atoms with Gasteiger partial charge in [-0.3, -0.25) is 0 Å². The molecule has 0 atom stereocenters. The van der Waals surface area contributed by atoms with Gasteiger partial charge < -0.3 is 0 Å². The minimum absolute atomic E-state index is 0.814. The molecule has 17 heavy (non-hydrogen) atoms. The summed E-state index contributed by atoms with van der Waals surface area (Å²) in [6, 6.07) is 10.8. The van der Waals surface area contributed by atoms with Crippen molar-refractivity contribution < 1.29 is 0 Å². The first-order valence-electron chi connectivity index (χ1n) is 5.49. The molecule has 3 heteroatoms. The number of hydrogen-bond donors (Lipinski definition) is 0. The van der Waals surface area contributed by atoms with Crippen LogP contribution in [0.15, 0.2) is 30.3 Å². The van der Waals surface area contributed by atoms with Gasteiger partial charge in [0, 0.05) is 28.8 Å². The van der Waals surface area contributed by atoms with Gasteiger partial charge in [-0.05, 0) is 58.8 Å². The van der Waals surface area contributed by atoms with E-state index in [4.69, 9.17) is 11.6 Å². The highest BCUT2D eigenvalue weighted by atomic mass is 127. The number of rotatable bonds is 1. The Morgan fingerprint density at radius 1 is 1.12 bits per heavy atom. The smallest absolute Gasteiger partial charge is 0.0420 e. The van der Waals surface area contributed by atoms with Crippen LogP contribution >= 0.6 is 45.5 Å². The van der Waals surface area contributed by atoms with E-state index >= 15 is 0 Å². The van der Waals surface area contributed by atoms with Crippen molar-refractivity contribution in [1.82, 2.24) is 0 Å². The van der Waals surface area contributed by atoms with Crippen LogP contribution in [0.1, 0.15) is 12.5 Å². The van der Waals surface area contributed by atoms with Crippen LogP contribution < -0.4 is 0 Å². The normalized spacial score (nSPS) is 11.5. The fraction of sp³-hybridized carbons (Fsp3) is 0.143. The standard InChI is InChI=1S/C14H10ClIS/c1-2-8-5-11-10-4-3-9(15)6-13(10)17-14(11)7-12(8)16/h3-7H,2H2,1H3. The molecular formula is C14H10ClIS. The lowest BCUT2D eigenvalue weighted by atomic mass is 10.1. The van der Waals surface area contributed by atoms with Crippen LogP contribution in [-0.2, 0) is 6.42 Å². The molecular weight excluding hydrogens is 363 g/mol. The second-order valence-corrected chi connectivity index (χ2v) is 6.72. The van der Waals surface area contributed by atoms with E-state index in [0.717, 1.165) is 11.4 Å². The zero-order valence-corrected chi connectivity index (χ0v) is 13.0. The molecule has 0 spiro atoms.